The third-order valence-corrected chi connectivity index (χ3v) is 4.31. The monoisotopic (exact) mass is 329 g/mol. The van der Waals surface area contributed by atoms with E-state index < -0.39 is 0 Å². The van der Waals surface area contributed by atoms with E-state index in [9.17, 15) is 0 Å². The number of hydrogen-bond donors (Lipinski definition) is 1. The second-order valence-electron chi connectivity index (χ2n) is 3.47. The fraction of sp³-hybridized carbons (Fsp3) is 0.250. The van der Waals surface area contributed by atoms with E-state index in [-0.39, 0.29) is 6.61 Å². The Labute approximate surface area is 117 Å². The molecule has 1 aromatic heterocycles. The molecule has 0 bridgehead atoms. The highest BCUT2D eigenvalue weighted by Gasteiger charge is 2.12. The van der Waals surface area contributed by atoms with Gasteiger partial charge in [0, 0.05) is 5.56 Å². The van der Waals surface area contributed by atoms with E-state index >= 15 is 0 Å². The van der Waals surface area contributed by atoms with Crippen molar-refractivity contribution in [3.8, 4) is 22.1 Å². The number of rotatable bonds is 4. The van der Waals surface area contributed by atoms with Gasteiger partial charge in [0.25, 0.3) is 0 Å². The molecule has 0 fully saturated rings. The van der Waals surface area contributed by atoms with Crippen molar-refractivity contribution >= 4 is 27.3 Å². The van der Waals surface area contributed by atoms with E-state index in [0.29, 0.717) is 17.2 Å². The Morgan fingerprint density at radius 1 is 1.28 bits per heavy atom. The summed E-state index contributed by atoms with van der Waals surface area (Å²) < 4.78 is 11.3. The van der Waals surface area contributed by atoms with Crippen LogP contribution in [0.25, 0.3) is 10.6 Å². The predicted octanol–water partition coefficient (Wildman–Crippen LogP) is 3.08. The van der Waals surface area contributed by atoms with Crippen molar-refractivity contribution in [3.05, 3.63) is 27.7 Å². The van der Waals surface area contributed by atoms with Gasteiger partial charge in [-0.3, -0.25) is 0 Å². The zero-order chi connectivity index (χ0) is 13.1. The molecule has 0 atom stereocenters. The maximum Gasteiger partial charge on any atom is 0.161 e. The minimum Gasteiger partial charge on any atom is -0.493 e. The lowest BCUT2D eigenvalue weighted by Gasteiger charge is -2.08. The summed E-state index contributed by atoms with van der Waals surface area (Å²) in [7, 11) is 3.19. The lowest BCUT2D eigenvalue weighted by molar-refractivity contribution is 0.277. The summed E-state index contributed by atoms with van der Waals surface area (Å²) >= 11 is 4.85. The lowest BCUT2D eigenvalue weighted by atomic mass is 10.2. The van der Waals surface area contributed by atoms with Gasteiger partial charge in [0.15, 0.2) is 11.5 Å². The molecule has 0 spiro atoms. The fourth-order valence-corrected chi connectivity index (χ4v) is 3.00. The van der Waals surface area contributed by atoms with Crippen molar-refractivity contribution in [2.24, 2.45) is 0 Å². The molecular formula is C12H12BrNO3S. The van der Waals surface area contributed by atoms with Gasteiger partial charge in [-0.25, -0.2) is 4.98 Å². The van der Waals surface area contributed by atoms with Crippen LogP contribution in [-0.4, -0.2) is 24.3 Å². The first-order valence-electron chi connectivity index (χ1n) is 5.18. The van der Waals surface area contributed by atoms with E-state index in [1.54, 1.807) is 14.2 Å². The number of aromatic nitrogens is 1. The molecule has 18 heavy (non-hydrogen) atoms. The molecule has 0 unspecified atom stereocenters. The third kappa shape index (κ3) is 2.50. The van der Waals surface area contributed by atoms with Gasteiger partial charge in [-0.2, -0.15) is 0 Å². The molecule has 0 aliphatic heterocycles. The van der Waals surface area contributed by atoms with Gasteiger partial charge in [-0.05, 0) is 34.1 Å². The Bertz CT molecular complexity index is 556. The van der Waals surface area contributed by atoms with E-state index in [2.05, 4.69) is 20.9 Å². The summed E-state index contributed by atoms with van der Waals surface area (Å²) in [4.78, 5) is 4.35. The SMILES string of the molecule is COc1ccc(-c2nc(CO)c(Br)s2)cc1OC. The predicted molar refractivity (Wildman–Crippen MR) is 74.3 cm³/mol. The highest BCUT2D eigenvalue weighted by atomic mass is 79.9. The molecular weight excluding hydrogens is 318 g/mol. The van der Waals surface area contributed by atoms with Crippen molar-refractivity contribution in [3.63, 3.8) is 0 Å². The molecule has 1 N–H and O–H groups in total. The van der Waals surface area contributed by atoms with Crippen LogP contribution in [-0.2, 0) is 6.61 Å². The number of halogens is 1. The largest absolute Gasteiger partial charge is 0.493 e. The van der Waals surface area contributed by atoms with Crippen LogP contribution in [0.4, 0.5) is 0 Å². The minimum absolute atomic E-state index is 0.0790. The second-order valence-corrected chi connectivity index (χ2v) is 5.78. The summed E-state index contributed by atoms with van der Waals surface area (Å²) in [6.07, 6.45) is 0. The van der Waals surface area contributed by atoms with Crippen LogP contribution >= 0.6 is 27.3 Å². The molecule has 0 saturated carbocycles. The van der Waals surface area contributed by atoms with Crippen molar-refractivity contribution in [1.82, 2.24) is 4.98 Å². The normalized spacial score (nSPS) is 10.4. The highest BCUT2D eigenvalue weighted by molar-refractivity contribution is 9.11. The minimum atomic E-state index is -0.0790. The number of methoxy groups -OCH3 is 2. The molecule has 2 rings (SSSR count). The summed E-state index contributed by atoms with van der Waals surface area (Å²) in [5.74, 6) is 1.34. The van der Waals surface area contributed by atoms with Crippen LogP contribution in [0.1, 0.15) is 5.69 Å². The summed E-state index contributed by atoms with van der Waals surface area (Å²) in [6, 6.07) is 5.61. The number of aliphatic hydroxyl groups excluding tert-OH is 1. The zero-order valence-electron chi connectivity index (χ0n) is 9.94. The van der Waals surface area contributed by atoms with Crippen LogP contribution in [0.2, 0.25) is 0 Å². The van der Waals surface area contributed by atoms with Crippen molar-refractivity contribution in [2.75, 3.05) is 14.2 Å². The van der Waals surface area contributed by atoms with Crippen molar-refractivity contribution in [2.45, 2.75) is 6.61 Å². The molecule has 0 aliphatic carbocycles. The number of nitrogens with zero attached hydrogens (tertiary/aromatic N) is 1. The van der Waals surface area contributed by atoms with E-state index in [1.807, 2.05) is 18.2 Å². The van der Waals surface area contributed by atoms with Crippen LogP contribution in [0.5, 0.6) is 11.5 Å². The van der Waals surface area contributed by atoms with Crippen molar-refractivity contribution < 1.29 is 14.6 Å². The van der Waals surface area contributed by atoms with Gasteiger partial charge in [-0.15, -0.1) is 11.3 Å². The van der Waals surface area contributed by atoms with E-state index in [0.717, 1.165) is 14.4 Å². The first-order valence-corrected chi connectivity index (χ1v) is 6.79. The Morgan fingerprint density at radius 2 is 2.00 bits per heavy atom. The smallest absolute Gasteiger partial charge is 0.161 e. The molecule has 2 aromatic rings. The Morgan fingerprint density at radius 3 is 2.56 bits per heavy atom. The molecule has 1 heterocycles. The number of aliphatic hydroxyl groups is 1. The van der Waals surface area contributed by atoms with Gasteiger partial charge in [0.2, 0.25) is 0 Å². The number of thiazole rings is 1. The third-order valence-electron chi connectivity index (χ3n) is 2.43. The van der Waals surface area contributed by atoms with Gasteiger partial charge < -0.3 is 14.6 Å². The average molecular weight is 330 g/mol. The van der Waals surface area contributed by atoms with Gasteiger partial charge in [0.1, 0.15) is 5.01 Å². The lowest BCUT2D eigenvalue weighted by Crippen LogP contribution is -1.91. The maximum atomic E-state index is 9.13. The molecule has 0 radical (unpaired) electrons. The topological polar surface area (TPSA) is 51.6 Å². The standard InChI is InChI=1S/C12H12BrNO3S/c1-16-9-4-3-7(5-10(9)17-2)12-14-8(6-15)11(13)18-12/h3-5,15H,6H2,1-2H3. The van der Waals surface area contributed by atoms with E-state index in [1.165, 1.54) is 11.3 Å². The second kappa shape index (κ2) is 5.69. The van der Waals surface area contributed by atoms with Crippen LogP contribution < -0.4 is 9.47 Å². The van der Waals surface area contributed by atoms with Gasteiger partial charge in [-0.1, -0.05) is 0 Å². The Kier molecular flexibility index (Phi) is 4.21. The summed E-state index contributed by atoms with van der Waals surface area (Å²) in [5, 5.41) is 9.96. The first-order chi connectivity index (χ1) is 8.69. The van der Waals surface area contributed by atoms with E-state index in [4.69, 9.17) is 14.6 Å². The molecule has 96 valence electrons. The quantitative estimate of drug-likeness (QED) is 0.936. The maximum absolute atomic E-state index is 9.13. The van der Waals surface area contributed by atoms with Gasteiger partial charge >= 0.3 is 0 Å². The van der Waals surface area contributed by atoms with Crippen LogP contribution in [0, 0.1) is 0 Å². The number of benzene rings is 1. The highest BCUT2D eigenvalue weighted by Crippen LogP contribution is 2.36. The number of ether oxygens (including phenoxy) is 2. The van der Waals surface area contributed by atoms with Crippen LogP contribution in [0.15, 0.2) is 22.0 Å². The average Bonchev–Trinajstić information content (AvgIpc) is 2.79. The Balaban J connectivity index is 2.44. The first kappa shape index (κ1) is 13.3. The molecule has 1 aromatic carbocycles. The molecule has 6 heteroatoms. The molecule has 4 nitrogen and oxygen atoms in total. The van der Waals surface area contributed by atoms with Crippen molar-refractivity contribution in [1.29, 1.82) is 0 Å². The number of hydrogen-bond acceptors (Lipinski definition) is 5. The zero-order valence-corrected chi connectivity index (χ0v) is 12.3. The molecule has 0 amide bonds. The fourth-order valence-electron chi connectivity index (χ4n) is 1.52. The van der Waals surface area contributed by atoms with Gasteiger partial charge in [0.05, 0.1) is 30.3 Å². The summed E-state index contributed by atoms with van der Waals surface area (Å²) in [5.41, 5.74) is 1.57. The Hall–Kier alpha value is -1.11. The molecule has 0 saturated heterocycles. The van der Waals surface area contributed by atoms with Crippen LogP contribution in [0.3, 0.4) is 0 Å². The summed E-state index contributed by atoms with van der Waals surface area (Å²) in [6.45, 7) is -0.0790. The molecule has 0 aliphatic rings.